The third-order valence-corrected chi connectivity index (χ3v) is 15.4. The molecule has 1 saturated heterocycles. The molecule has 0 spiro atoms. The topological polar surface area (TPSA) is 177 Å². The van der Waals surface area contributed by atoms with Crippen molar-refractivity contribution in [3.05, 3.63) is 11.6 Å². The van der Waals surface area contributed by atoms with Crippen LogP contribution in [0, 0.1) is 50.7 Å². The first-order valence-electron chi connectivity index (χ1n) is 17.2. The zero-order valence-electron chi connectivity index (χ0n) is 27.6. The van der Waals surface area contributed by atoms with Gasteiger partial charge in [0.15, 0.2) is 6.29 Å². The Kier molecular flexibility index (Phi) is 8.22. The molecule has 0 amide bonds. The van der Waals surface area contributed by atoms with Crippen LogP contribution in [0.3, 0.4) is 0 Å². The number of allylic oxidation sites excluding steroid dienone is 1. The highest BCUT2D eigenvalue weighted by molar-refractivity contribution is 5.77. The van der Waals surface area contributed by atoms with Crippen molar-refractivity contribution in [2.45, 2.75) is 129 Å². The lowest BCUT2D eigenvalue weighted by atomic mass is 9.33. The van der Waals surface area contributed by atoms with E-state index in [1.807, 2.05) is 13.8 Å². The second-order valence-corrected chi connectivity index (χ2v) is 16.8. The van der Waals surface area contributed by atoms with Gasteiger partial charge in [-0.25, -0.2) is 0 Å². The van der Waals surface area contributed by atoms with Crippen LogP contribution < -0.4 is 0 Å². The maximum atomic E-state index is 13.0. The Hall–Kier alpha value is -1.11. The van der Waals surface area contributed by atoms with Crippen LogP contribution >= 0.6 is 0 Å². The van der Waals surface area contributed by atoms with Crippen LogP contribution in [0.25, 0.3) is 0 Å². The molecule has 5 aliphatic carbocycles. The lowest BCUT2D eigenvalue weighted by Gasteiger charge is -2.72. The maximum absolute atomic E-state index is 13.0. The Bertz CT molecular complexity index is 1200. The number of hydrogen-bond donors (Lipinski definition) is 7. The summed E-state index contributed by atoms with van der Waals surface area (Å²) in [5, 5.41) is 75.5. The van der Waals surface area contributed by atoms with Crippen molar-refractivity contribution in [3.63, 3.8) is 0 Å². The van der Waals surface area contributed by atoms with Crippen LogP contribution in [0.4, 0.5) is 0 Å². The first-order valence-corrected chi connectivity index (χ1v) is 17.2. The van der Waals surface area contributed by atoms with Crippen molar-refractivity contribution in [2.75, 3.05) is 19.8 Å². The van der Waals surface area contributed by atoms with Gasteiger partial charge < -0.3 is 45.2 Å². The zero-order valence-corrected chi connectivity index (χ0v) is 27.6. The summed E-state index contributed by atoms with van der Waals surface area (Å²) in [5.74, 6) is -1.19. The van der Waals surface area contributed by atoms with E-state index < -0.39 is 59.0 Å². The second kappa shape index (κ2) is 11.0. The number of hydrogen-bond acceptors (Lipinski definition) is 9. The average Bonchev–Trinajstić information content (AvgIpc) is 2.99. The van der Waals surface area contributed by atoms with Gasteiger partial charge in [0.25, 0.3) is 0 Å². The van der Waals surface area contributed by atoms with Crippen LogP contribution in [-0.4, -0.2) is 97.8 Å². The molecular formula is C35H56O10. The fraction of sp³-hybridized carbons (Fsp3) is 0.914. The van der Waals surface area contributed by atoms with Gasteiger partial charge in [0, 0.05) is 11.3 Å². The molecule has 14 atom stereocenters. The molecule has 10 heteroatoms. The highest BCUT2D eigenvalue weighted by Gasteiger charge is 2.72. The number of aliphatic carboxylic acids is 1. The normalized spacial score (nSPS) is 54.1. The van der Waals surface area contributed by atoms with Gasteiger partial charge in [0.05, 0.1) is 36.9 Å². The third-order valence-electron chi connectivity index (χ3n) is 15.4. The van der Waals surface area contributed by atoms with E-state index in [1.54, 1.807) is 0 Å². The SMILES string of the molecule is C[C@H]1CC[C@]2(C(=O)O)CC[C@]3(C)C(=CC[C@@H]4[C@@]5(C)CC[C@H](O[C@@H]6OC[C@@H](O)[C@@H](O)[C@@H]6O)C(CO)(CO)[C@@H]5CC[C@]43C)[C@@H]2[C@]1(C)O. The summed E-state index contributed by atoms with van der Waals surface area (Å²) in [4.78, 5) is 13.0. The molecular weight excluding hydrogens is 580 g/mol. The highest BCUT2D eigenvalue weighted by Crippen LogP contribution is 2.76. The Morgan fingerprint density at radius 1 is 0.933 bits per heavy atom. The molecule has 0 aromatic carbocycles. The number of aliphatic hydroxyl groups excluding tert-OH is 5. The average molecular weight is 637 g/mol. The largest absolute Gasteiger partial charge is 0.481 e. The molecule has 1 heterocycles. The molecule has 4 saturated carbocycles. The van der Waals surface area contributed by atoms with Crippen LogP contribution in [0.5, 0.6) is 0 Å². The number of rotatable bonds is 5. The predicted molar refractivity (Wildman–Crippen MR) is 164 cm³/mol. The van der Waals surface area contributed by atoms with Crippen LogP contribution in [-0.2, 0) is 14.3 Å². The minimum atomic E-state index is -1.46. The number of fused-ring (bicyclic) bond motifs is 7. The first-order chi connectivity index (χ1) is 21.0. The van der Waals surface area contributed by atoms with Crippen molar-refractivity contribution in [3.8, 4) is 0 Å². The quantitative estimate of drug-likeness (QED) is 0.175. The van der Waals surface area contributed by atoms with Crippen molar-refractivity contribution in [1.82, 2.24) is 0 Å². The van der Waals surface area contributed by atoms with Crippen molar-refractivity contribution in [1.29, 1.82) is 0 Å². The highest BCUT2D eigenvalue weighted by atomic mass is 16.7. The lowest BCUT2D eigenvalue weighted by Crippen LogP contribution is -2.69. The molecule has 7 N–H and O–H groups in total. The van der Waals surface area contributed by atoms with Gasteiger partial charge in [-0.05, 0) is 98.7 Å². The monoisotopic (exact) mass is 636 g/mol. The van der Waals surface area contributed by atoms with Crippen molar-refractivity contribution >= 4 is 5.97 Å². The Balaban J connectivity index is 1.36. The van der Waals surface area contributed by atoms with E-state index in [0.29, 0.717) is 25.7 Å². The van der Waals surface area contributed by atoms with Crippen molar-refractivity contribution in [2.24, 2.45) is 50.7 Å². The van der Waals surface area contributed by atoms with Gasteiger partial charge in [-0.15, -0.1) is 0 Å². The molecule has 6 rings (SSSR count). The van der Waals surface area contributed by atoms with Crippen LogP contribution in [0.2, 0.25) is 0 Å². The summed E-state index contributed by atoms with van der Waals surface area (Å²) in [6.45, 7) is 10.0. The molecule has 10 nitrogen and oxygen atoms in total. The summed E-state index contributed by atoms with van der Waals surface area (Å²) in [6, 6.07) is 0. The molecule has 0 aromatic heterocycles. The van der Waals surface area contributed by atoms with E-state index in [2.05, 4.69) is 26.8 Å². The minimum absolute atomic E-state index is 0.0157. The van der Waals surface area contributed by atoms with Gasteiger partial charge in [-0.2, -0.15) is 0 Å². The van der Waals surface area contributed by atoms with Crippen LogP contribution in [0.15, 0.2) is 11.6 Å². The fourth-order valence-electron chi connectivity index (χ4n) is 12.2. The van der Waals surface area contributed by atoms with E-state index in [1.165, 1.54) is 0 Å². The molecule has 6 aliphatic rings. The molecule has 0 aromatic rings. The first kappa shape index (κ1) is 33.8. The summed E-state index contributed by atoms with van der Waals surface area (Å²) < 4.78 is 11.9. The Labute approximate surface area is 266 Å². The van der Waals surface area contributed by atoms with E-state index in [0.717, 1.165) is 37.7 Å². The molecule has 1 aliphatic heterocycles. The fourth-order valence-corrected chi connectivity index (χ4v) is 12.2. The Morgan fingerprint density at radius 2 is 1.62 bits per heavy atom. The Morgan fingerprint density at radius 3 is 2.27 bits per heavy atom. The molecule has 0 radical (unpaired) electrons. The third kappa shape index (κ3) is 4.32. The van der Waals surface area contributed by atoms with E-state index in [4.69, 9.17) is 9.47 Å². The molecule has 0 bridgehead atoms. The number of carbonyl (C=O) groups is 1. The number of carboxylic acids is 1. The number of ether oxygens (including phenoxy) is 2. The van der Waals surface area contributed by atoms with Crippen molar-refractivity contribution < 1.29 is 50.0 Å². The number of carboxylic acid groups (broad SMARTS) is 1. The molecule has 45 heavy (non-hydrogen) atoms. The second-order valence-electron chi connectivity index (χ2n) is 16.8. The van der Waals surface area contributed by atoms with E-state index in [-0.39, 0.29) is 53.8 Å². The standard InChI is InChI=1S/C35H56O10/c1-19-8-13-34(29(41)42)15-14-31(3)20(27(34)33(19,5)43)6-7-22-30(2)11-10-24(45-28-26(40)25(39)21(38)16-44-28)35(17-36,18-37)23(30)9-12-32(22,31)4/h6,19,21-28,36-40,43H,7-18H2,1-5H3,(H,41,42)/t19-,21+,22+,23+,24-,25+,26-,27+,28-,30+,31+,32+,33+,34-/m0/s1. The van der Waals surface area contributed by atoms with E-state index >= 15 is 0 Å². The van der Waals surface area contributed by atoms with Gasteiger partial charge in [-0.1, -0.05) is 39.3 Å². The van der Waals surface area contributed by atoms with Gasteiger partial charge >= 0.3 is 5.97 Å². The lowest BCUT2D eigenvalue weighted by molar-refractivity contribution is -0.318. The summed E-state index contributed by atoms with van der Waals surface area (Å²) >= 11 is 0. The van der Waals surface area contributed by atoms with E-state index in [9.17, 15) is 40.5 Å². The maximum Gasteiger partial charge on any atom is 0.310 e. The molecule has 5 fully saturated rings. The predicted octanol–water partition coefficient (Wildman–Crippen LogP) is 2.61. The zero-order chi connectivity index (χ0) is 33.0. The summed E-state index contributed by atoms with van der Waals surface area (Å²) in [5.41, 5.74) is -2.81. The number of aliphatic hydroxyl groups is 6. The van der Waals surface area contributed by atoms with Gasteiger partial charge in [0.2, 0.25) is 0 Å². The smallest absolute Gasteiger partial charge is 0.310 e. The minimum Gasteiger partial charge on any atom is -0.481 e. The molecule has 0 unspecified atom stereocenters. The van der Waals surface area contributed by atoms with Crippen LogP contribution in [0.1, 0.15) is 92.4 Å². The summed E-state index contributed by atoms with van der Waals surface area (Å²) in [7, 11) is 0. The van der Waals surface area contributed by atoms with Gasteiger partial charge in [0.1, 0.15) is 18.3 Å². The molecule has 256 valence electrons. The van der Waals surface area contributed by atoms with Gasteiger partial charge in [-0.3, -0.25) is 4.79 Å². The summed E-state index contributed by atoms with van der Waals surface area (Å²) in [6.07, 6.45) is 2.43.